The second-order valence-corrected chi connectivity index (χ2v) is 6.58. The zero-order valence-electron chi connectivity index (χ0n) is 12.8. The number of anilines is 1. The normalized spacial score (nSPS) is 13.1. The summed E-state index contributed by atoms with van der Waals surface area (Å²) >= 11 is 1.44. The molecular weight excluding hydrogens is 308 g/mol. The van der Waals surface area contributed by atoms with E-state index in [9.17, 15) is 4.79 Å². The minimum absolute atomic E-state index is 0.189. The van der Waals surface area contributed by atoms with Crippen molar-refractivity contribution in [1.82, 2.24) is 4.98 Å². The van der Waals surface area contributed by atoms with Gasteiger partial charge in [-0.2, -0.15) is 0 Å². The zero-order valence-corrected chi connectivity index (χ0v) is 13.6. The Bertz CT molecular complexity index is 879. The quantitative estimate of drug-likeness (QED) is 0.774. The third-order valence-corrected chi connectivity index (χ3v) is 4.98. The average Bonchev–Trinajstić information content (AvgIpc) is 3.26. The molecule has 1 aliphatic rings. The third kappa shape index (κ3) is 2.68. The van der Waals surface area contributed by atoms with Crippen LogP contribution in [-0.4, -0.2) is 10.9 Å². The van der Waals surface area contributed by atoms with Gasteiger partial charge in [0.05, 0.1) is 17.5 Å². The molecule has 0 saturated heterocycles. The molecule has 0 fully saturated rings. The van der Waals surface area contributed by atoms with Gasteiger partial charge in [-0.15, -0.1) is 11.3 Å². The molecule has 0 saturated carbocycles. The lowest BCUT2D eigenvalue weighted by Gasteiger charge is -2.02. The maximum absolute atomic E-state index is 12.2. The number of hydrogen-bond acceptors (Lipinski definition) is 4. The average molecular weight is 324 g/mol. The lowest BCUT2D eigenvalue weighted by Crippen LogP contribution is -2.11. The topological polar surface area (TPSA) is 55.1 Å². The number of amides is 1. The van der Waals surface area contributed by atoms with Crippen molar-refractivity contribution in [2.75, 3.05) is 5.32 Å². The van der Waals surface area contributed by atoms with Gasteiger partial charge in [0, 0.05) is 10.9 Å². The van der Waals surface area contributed by atoms with Crippen molar-refractivity contribution in [3.05, 3.63) is 58.4 Å². The van der Waals surface area contributed by atoms with E-state index in [-0.39, 0.29) is 5.91 Å². The molecule has 23 heavy (non-hydrogen) atoms. The van der Waals surface area contributed by atoms with Gasteiger partial charge >= 0.3 is 0 Å². The standard InChI is InChI=1S/C18H16N2O2S/c1-11-15(7-8-22-11)17(21)20-18-19-16(10-23-18)14-6-5-12-3-2-4-13(12)9-14/h5-10H,2-4H2,1H3,(H,19,20,21). The molecule has 2 aromatic heterocycles. The van der Waals surface area contributed by atoms with Gasteiger partial charge in [-0.3, -0.25) is 10.1 Å². The molecule has 0 bridgehead atoms. The van der Waals surface area contributed by atoms with E-state index in [4.69, 9.17) is 4.42 Å². The van der Waals surface area contributed by atoms with Gasteiger partial charge in [0.15, 0.2) is 5.13 Å². The number of carbonyl (C=O) groups excluding carboxylic acids is 1. The van der Waals surface area contributed by atoms with Crippen LogP contribution in [0.15, 0.2) is 40.3 Å². The molecule has 1 N–H and O–H groups in total. The molecule has 1 amide bonds. The van der Waals surface area contributed by atoms with Crippen molar-refractivity contribution in [2.24, 2.45) is 0 Å². The van der Waals surface area contributed by atoms with Crippen LogP contribution in [0.3, 0.4) is 0 Å². The van der Waals surface area contributed by atoms with Crippen LogP contribution in [-0.2, 0) is 12.8 Å². The van der Waals surface area contributed by atoms with Crippen molar-refractivity contribution in [1.29, 1.82) is 0 Å². The lowest BCUT2D eigenvalue weighted by atomic mass is 10.1. The molecule has 1 aromatic carbocycles. The summed E-state index contributed by atoms with van der Waals surface area (Å²) in [5.41, 5.74) is 5.44. The van der Waals surface area contributed by atoms with E-state index in [0.717, 1.165) is 17.7 Å². The molecule has 3 aromatic rings. The Balaban J connectivity index is 1.55. The Morgan fingerprint density at radius 3 is 2.96 bits per heavy atom. The first-order chi connectivity index (χ1) is 11.2. The third-order valence-electron chi connectivity index (χ3n) is 4.22. The fraction of sp³-hybridized carbons (Fsp3) is 0.222. The summed E-state index contributed by atoms with van der Waals surface area (Å²) in [6.45, 7) is 1.77. The summed E-state index contributed by atoms with van der Waals surface area (Å²) in [6.07, 6.45) is 5.08. The van der Waals surface area contributed by atoms with Crippen LogP contribution in [0.2, 0.25) is 0 Å². The van der Waals surface area contributed by atoms with E-state index in [2.05, 4.69) is 28.5 Å². The molecule has 116 valence electrons. The SMILES string of the molecule is Cc1occc1C(=O)Nc1nc(-c2ccc3c(c2)CCC3)cs1. The van der Waals surface area contributed by atoms with Crippen LogP contribution >= 0.6 is 11.3 Å². The molecule has 5 heteroatoms. The highest BCUT2D eigenvalue weighted by atomic mass is 32.1. The number of rotatable bonds is 3. The molecule has 0 atom stereocenters. The Kier molecular flexibility index (Phi) is 3.50. The fourth-order valence-corrected chi connectivity index (χ4v) is 3.69. The highest BCUT2D eigenvalue weighted by molar-refractivity contribution is 7.14. The highest BCUT2D eigenvalue weighted by Crippen LogP contribution is 2.30. The van der Waals surface area contributed by atoms with Crippen molar-refractivity contribution in [2.45, 2.75) is 26.2 Å². The van der Waals surface area contributed by atoms with Crippen molar-refractivity contribution < 1.29 is 9.21 Å². The van der Waals surface area contributed by atoms with Gasteiger partial charge in [-0.25, -0.2) is 4.98 Å². The number of nitrogens with one attached hydrogen (secondary N) is 1. The summed E-state index contributed by atoms with van der Waals surface area (Å²) in [5, 5.41) is 5.42. The minimum Gasteiger partial charge on any atom is -0.469 e. The van der Waals surface area contributed by atoms with E-state index in [1.165, 1.54) is 41.6 Å². The first kappa shape index (κ1) is 14.2. The van der Waals surface area contributed by atoms with E-state index < -0.39 is 0 Å². The van der Waals surface area contributed by atoms with Crippen LogP contribution < -0.4 is 5.32 Å². The second-order valence-electron chi connectivity index (χ2n) is 5.72. The molecule has 0 spiro atoms. The fourth-order valence-electron chi connectivity index (χ4n) is 2.98. The van der Waals surface area contributed by atoms with Crippen LogP contribution in [0.25, 0.3) is 11.3 Å². The number of benzene rings is 1. The second kappa shape index (κ2) is 5.66. The molecule has 2 heterocycles. The summed E-state index contributed by atoms with van der Waals surface area (Å²) in [6, 6.07) is 8.21. The van der Waals surface area contributed by atoms with E-state index in [0.29, 0.717) is 16.5 Å². The van der Waals surface area contributed by atoms with E-state index in [1.54, 1.807) is 13.0 Å². The Labute approximate surface area is 138 Å². The number of fused-ring (bicyclic) bond motifs is 1. The number of thiazole rings is 1. The zero-order chi connectivity index (χ0) is 15.8. The number of carbonyl (C=O) groups is 1. The maximum atomic E-state index is 12.2. The van der Waals surface area contributed by atoms with Gasteiger partial charge in [0.1, 0.15) is 5.76 Å². The molecule has 1 aliphatic carbocycles. The molecule has 0 aliphatic heterocycles. The van der Waals surface area contributed by atoms with E-state index >= 15 is 0 Å². The first-order valence-corrected chi connectivity index (χ1v) is 8.52. The number of furan rings is 1. The van der Waals surface area contributed by atoms with Gasteiger partial charge in [0.2, 0.25) is 0 Å². The van der Waals surface area contributed by atoms with Crippen LogP contribution in [0.4, 0.5) is 5.13 Å². The highest BCUT2D eigenvalue weighted by Gasteiger charge is 2.15. The van der Waals surface area contributed by atoms with Gasteiger partial charge in [-0.1, -0.05) is 12.1 Å². The molecule has 4 rings (SSSR count). The smallest absolute Gasteiger partial charge is 0.260 e. The van der Waals surface area contributed by atoms with E-state index in [1.807, 2.05) is 5.38 Å². The summed E-state index contributed by atoms with van der Waals surface area (Å²) in [4.78, 5) is 16.7. The predicted octanol–water partition coefficient (Wildman–Crippen LogP) is 4.45. The Morgan fingerprint density at radius 2 is 2.13 bits per heavy atom. The number of aromatic nitrogens is 1. The number of hydrogen-bond donors (Lipinski definition) is 1. The van der Waals surface area contributed by atoms with Crippen LogP contribution in [0, 0.1) is 6.92 Å². The minimum atomic E-state index is -0.189. The summed E-state index contributed by atoms with van der Waals surface area (Å²) < 4.78 is 5.16. The van der Waals surface area contributed by atoms with Gasteiger partial charge in [-0.05, 0) is 49.4 Å². The largest absolute Gasteiger partial charge is 0.469 e. The van der Waals surface area contributed by atoms with Crippen molar-refractivity contribution in [3.63, 3.8) is 0 Å². The van der Waals surface area contributed by atoms with Crippen LogP contribution in [0.5, 0.6) is 0 Å². The number of nitrogens with zero attached hydrogens (tertiary/aromatic N) is 1. The summed E-state index contributed by atoms with van der Waals surface area (Å²) in [5.74, 6) is 0.420. The molecule has 4 nitrogen and oxygen atoms in total. The van der Waals surface area contributed by atoms with Gasteiger partial charge < -0.3 is 4.42 Å². The molecule has 0 radical (unpaired) electrons. The van der Waals surface area contributed by atoms with Crippen molar-refractivity contribution >= 4 is 22.4 Å². The Morgan fingerprint density at radius 1 is 1.26 bits per heavy atom. The van der Waals surface area contributed by atoms with Crippen LogP contribution in [0.1, 0.15) is 33.7 Å². The number of aryl methyl sites for hydroxylation is 3. The maximum Gasteiger partial charge on any atom is 0.260 e. The Hall–Kier alpha value is -2.40. The monoisotopic (exact) mass is 324 g/mol. The predicted molar refractivity (Wildman–Crippen MR) is 91.0 cm³/mol. The molecule has 0 unspecified atom stereocenters. The lowest BCUT2D eigenvalue weighted by molar-refractivity contribution is 0.102. The summed E-state index contributed by atoms with van der Waals surface area (Å²) in [7, 11) is 0. The van der Waals surface area contributed by atoms with Gasteiger partial charge in [0.25, 0.3) is 5.91 Å². The van der Waals surface area contributed by atoms with Crippen molar-refractivity contribution in [3.8, 4) is 11.3 Å². The molecular formula is C18H16N2O2S. The first-order valence-electron chi connectivity index (χ1n) is 7.64.